The fourth-order valence-corrected chi connectivity index (χ4v) is 9.05. The van der Waals surface area contributed by atoms with Crippen molar-refractivity contribution in [2.75, 3.05) is 27.3 Å². The number of allylic oxidation sites excluding steroid dienone is 8. The number of hydrogen-bond donors (Lipinski definition) is 4. The van der Waals surface area contributed by atoms with Gasteiger partial charge in [0, 0.05) is 13.1 Å². The average Bonchev–Trinajstić information content (AvgIpc) is 4.10. The van der Waals surface area contributed by atoms with E-state index in [9.17, 15) is 19.2 Å². The van der Waals surface area contributed by atoms with Crippen molar-refractivity contribution in [3.8, 4) is 0 Å². The van der Waals surface area contributed by atoms with Gasteiger partial charge >= 0.3 is 12.2 Å². The zero-order valence-electron chi connectivity index (χ0n) is 35.1. The molecule has 4 amide bonds. The molecule has 4 heterocycles. The van der Waals surface area contributed by atoms with E-state index in [1.807, 2.05) is 49.6 Å². The van der Waals surface area contributed by atoms with E-state index in [0.29, 0.717) is 13.1 Å². The second-order valence-electron chi connectivity index (χ2n) is 16.9. The number of fused-ring (bicyclic) bond motifs is 2. The lowest BCUT2D eigenvalue weighted by Gasteiger charge is -2.29. The molecule has 0 radical (unpaired) electrons. The van der Waals surface area contributed by atoms with Gasteiger partial charge in [0.1, 0.15) is 23.7 Å². The maximum absolute atomic E-state index is 13.7. The number of ether oxygens (including phenoxy) is 2. The molecule has 2 aliphatic carbocycles. The molecule has 1 unspecified atom stereocenters. The van der Waals surface area contributed by atoms with Gasteiger partial charge in [-0.05, 0) is 108 Å². The van der Waals surface area contributed by atoms with Crippen LogP contribution in [0, 0.1) is 11.8 Å². The Morgan fingerprint density at radius 3 is 1.42 bits per heavy atom. The molecule has 0 bridgehead atoms. The number of nitrogens with zero attached hydrogens (tertiary/aromatic N) is 4. The predicted octanol–water partition coefficient (Wildman–Crippen LogP) is 7.65. The molecule has 4 N–H and O–H groups in total. The highest BCUT2D eigenvalue weighted by molar-refractivity contribution is 5.89. The first kappa shape index (κ1) is 40.6. The molecule has 2 fully saturated rings. The summed E-state index contributed by atoms with van der Waals surface area (Å²) in [5.41, 5.74) is 10.8. The highest BCUT2D eigenvalue weighted by atomic mass is 16.5. The smallest absolute Gasteiger partial charge is 0.407 e. The number of carbonyl (C=O) groups is 4. The van der Waals surface area contributed by atoms with Gasteiger partial charge in [-0.1, -0.05) is 64.1 Å². The minimum atomic E-state index is -0.684. The minimum absolute atomic E-state index is 0.102. The number of carbonyl (C=O) groups excluding carboxylic acids is 4. The molecule has 2 aromatic carbocycles. The first-order valence-electron chi connectivity index (χ1n) is 21.0. The van der Waals surface area contributed by atoms with E-state index in [-0.39, 0.29) is 35.7 Å². The molecule has 60 heavy (non-hydrogen) atoms. The number of rotatable bonds is 11. The molecule has 4 atom stereocenters. The number of H-pyrrole nitrogens is 2. The molecule has 2 aromatic heterocycles. The number of alkyl carbamates (subject to hydrolysis) is 2. The lowest BCUT2D eigenvalue weighted by molar-refractivity contribution is -0.136. The normalized spacial score (nSPS) is 20.1. The van der Waals surface area contributed by atoms with Crippen LogP contribution < -0.4 is 10.6 Å². The number of imidazole rings is 2. The number of amides is 4. The molecule has 0 spiro atoms. The fourth-order valence-electron chi connectivity index (χ4n) is 9.05. The van der Waals surface area contributed by atoms with Gasteiger partial charge in [0.2, 0.25) is 11.8 Å². The molecule has 2 saturated heterocycles. The summed E-state index contributed by atoms with van der Waals surface area (Å²) in [6, 6.07) is 10.8. The standard InChI is InChI=1S/C46H54N8O6/c1-25(2)39(51-45(57)59-5)43(55)53-19-7-9-37(53)41-47-33-17-15-31(23-35(33)49-41)29-13-11-27(21-29)28-12-14-30(22-28)32-16-18-34-36(24-32)50-42(48-34)38-10-8-20-54(38)44(56)40(26(3)4)52-46(58)60-6/h11-18,23-26,37-40H,7-10,19-22H2,1-6H3,(H,47,49)(H,48,50)(H,51,57)(H,52,58)/t37-,38?,39-,40-/m0/s1. The van der Waals surface area contributed by atoms with Gasteiger partial charge in [-0.15, -0.1) is 0 Å². The molecule has 2 aliphatic heterocycles. The van der Waals surface area contributed by atoms with Crippen LogP contribution in [0.3, 0.4) is 0 Å². The summed E-state index contributed by atoms with van der Waals surface area (Å²) in [5, 5.41) is 5.44. The van der Waals surface area contributed by atoms with E-state index in [1.165, 1.54) is 36.5 Å². The van der Waals surface area contributed by atoms with Gasteiger partial charge in [0.15, 0.2) is 0 Å². The van der Waals surface area contributed by atoms with Crippen LogP contribution in [-0.2, 0) is 19.1 Å². The maximum atomic E-state index is 13.7. The van der Waals surface area contributed by atoms with Crippen LogP contribution >= 0.6 is 0 Å². The Bertz CT molecular complexity index is 2300. The summed E-state index contributed by atoms with van der Waals surface area (Å²) in [5.74, 6) is 1.06. The highest BCUT2D eigenvalue weighted by Gasteiger charge is 2.39. The molecule has 4 aliphatic rings. The maximum Gasteiger partial charge on any atom is 0.407 e. The van der Waals surface area contributed by atoms with Crippen molar-refractivity contribution in [2.45, 2.75) is 90.4 Å². The van der Waals surface area contributed by atoms with Crippen molar-refractivity contribution < 1.29 is 28.7 Å². The van der Waals surface area contributed by atoms with Gasteiger partial charge in [-0.3, -0.25) is 9.59 Å². The Labute approximate surface area is 349 Å². The van der Waals surface area contributed by atoms with Crippen molar-refractivity contribution in [3.05, 3.63) is 94.6 Å². The number of aromatic amines is 2. The van der Waals surface area contributed by atoms with Crippen LogP contribution in [0.25, 0.3) is 33.2 Å². The molecule has 14 heteroatoms. The van der Waals surface area contributed by atoms with Gasteiger partial charge in [0.05, 0.1) is 48.4 Å². The Morgan fingerprint density at radius 2 is 1.03 bits per heavy atom. The van der Waals surface area contributed by atoms with E-state index in [2.05, 4.69) is 69.2 Å². The van der Waals surface area contributed by atoms with E-state index < -0.39 is 24.3 Å². The average molecular weight is 815 g/mol. The zero-order valence-corrected chi connectivity index (χ0v) is 35.1. The summed E-state index contributed by atoms with van der Waals surface area (Å²) in [7, 11) is 2.60. The molecule has 0 saturated carbocycles. The first-order chi connectivity index (χ1) is 28.9. The van der Waals surface area contributed by atoms with E-state index >= 15 is 0 Å². The summed E-state index contributed by atoms with van der Waals surface area (Å²) in [4.78, 5) is 71.9. The first-order valence-corrected chi connectivity index (χ1v) is 21.0. The highest BCUT2D eigenvalue weighted by Crippen LogP contribution is 2.41. The monoisotopic (exact) mass is 814 g/mol. The predicted molar refractivity (Wildman–Crippen MR) is 229 cm³/mol. The summed E-state index contributed by atoms with van der Waals surface area (Å²) < 4.78 is 9.57. The van der Waals surface area contributed by atoms with E-state index in [0.717, 1.165) is 83.4 Å². The number of likely N-dealkylation sites (tertiary alicyclic amines) is 2. The Morgan fingerprint density at radius 1 is 0.633 bits per heavy atom. The summed E-state index contributed by atoms with van der Waals surface area (Å²) in [6.45, 7) is 8.86. The van der Waals surface area contributed by atoms with Crippen molar-refractivity contribution in [2.24, 2.45) is 11.8 Å². The summed E-state index contributed by atoms with van der Waals surface area (Å²) in [6.07, 6.45) is 12.6. The van der Waals surface area contributed by atoms with Gasteiger partial charge in [-0.25, -0.2) is 19.6 Å². The van der Waals surface area contributed by atoms with Crippen molar-refractivity contribution in [1.82, 2.24) is 40.4 Å². The molecular formula is C46H54N8O6. The van der Waals surface area contributed by atoms with Crippen LogP contribution in [-0.4, -0.2) is 93.1 Å². The Hall–Kier alpha value is -6.18. The Kier molecular flexibility index (Phi) is 11.4. The topological polar surface area (TPSA) is 175 Å². The van der Waals surface area contributed by atoms with Crippen LogP contribution in [0.5, 0.6) is 0 Å². The van der Waals surface area contributed by atoms with Crippen molar-refractivity contribution >= 4 is 57.2 Å². The second kappa shape index (κ2) is 16.8. The van der Waals surface area contributed by atoms with Gasteiger partial charge in [0.25, 0.3) is 0 Å². The second-order valence-corrected chi connectivity index (χ2v) is 16.9. The molecular weight excluding hydrogens is 761 g/mol. The lowest BCUT2D eigenvalue weighted by Crippen LogP contribution is -2.51. The lowest BCUT2D eigenvalue weighted by atomic mass is 9.95. The number of nitrogens with one attached hydrogen (secondary N) is 4. The fraction of sp³-hybridized carbons (Fsp3) is 0.435. The number of methoxy groups -OCH3 is 2. The van der Waals surface area contributed by atoms with Crippen molar-refractivity contribution in [1.29, 1.82) is 0 Å². The van der Waals surface area contributed by atoms with Crippen LogP contribution in [0.4, 0.5) is 9.59 Å². The summed E-state index contributed by atoms with van der Waals surface area (Å²) >= 11 is 0. The van der Waals surface area contributed by atoms with Crippen LogP contribution in [0.15, 0.2) is 71.8 Å². The Balaban J connectivity index is 0.902. The number of aromatic nitrogens is 4. The van der Waals surface area contributed by atoms with E-state index in [4.69, 9.17) is 19.4 Å². The van der Waals surface area contributed by atoms with Crippen LogP contribution in [0.2, 0.25) is 0 Å². The number of benzene rings is 2. The third kappa shape index (κ3) is 7.94. The zero-order chi connectivity index (χ0) is 42.2. The molecule has 14 nitrogen and oxygen atoms in total. The number of hydrogen-bond acceptors (Lipinski definition) is 8. The minimum Gasteiger partial charge on any atom is -0.453 e. The van der Waals surface area contributed by atoms with Gasteiger partial charge in [-0.2, -0.15) is 0 Å². The largest absolute Gasteiger partial charge is 0.453 e. The SMILES string of the molecule is COC(=O)N[C@H](C(=O)N1CCCC1c1nc2ccc(C3=CC=C(C4=CC=C(c5ccc6nc([C@@H]7CCCN7C(=O)[C@@H](NC(=O)OC)C(C)C)[nH]c6c5)C4)C3)cc2[nH]1)C(C)C. The molecule has 8 rings (SSSR count). The van der Waals surface area contributed by atoms with Gasteiger partial charge < -0.3 is 39.9 Å². The molecule has 314 valence electrons. The third-order valence-corrected chi connectivity index (χ3v) is 12.4. The van der Waals surface area contributed by atoms with Crippen LogP contribution in [0.1, 0.15) is 101 Å². The third-order valence-electron chi connectivity index (χ3n) is 12.4. The van der Waals surface area contributed by atoms with E-state index in [1.54, 1.807) is 0 Å². The van der Waals surface area contributed by atoms with Crippen molar-refractivity contribution in [3.63, 3.8) is 0 Å². The molecule has 4 aromatic rings. The quantitative estimate of drug-likeness (QED) is 0.119.